The maximum atomic E-state index is 12.9. The zero-order valence-corrected chi connectivity index (χ0v) is 21.0. The van der Waals surface area contributed by atoms with Crippen molar-refractivity contribution in [2.45, 2.75) is 50.1 Å². The summed E-state index contributed by atoms with van der Waals surface area (Å²) < 4.78 is 35.5. The second-order valence-corrected chi connectivity index (χ2v) is 11.7. The Labute approximate surface area is 203 Å². The Bertz CT molecular complexity index is 1130. The molecule has 2 aromatic rings. The van der Waals surface area contributed by atoms with E-state index in [2.05, 4.69) is 0 Å². The Morgan fingerprint density at radius 1 is 1.12 bits per heavy atom. The highest BCUT2D eigenvalue weighted by Crippen LogP contribution is 2.51. The second kappa shape index (κ2) is 10.1. The van der Waals surface area contributed by atoms with Crippen LogP contribution in [0, 0.1) is 0 Å². The minimum absolute atomic E-state index is 0.0593. The SMILES string of the molecule is CCOP(=O)(Cc1ccc(C2Oc3cc4c(cc3O2)C(=O)[C@H](C)S[C@@H](C(N)=O)C4)cc1)OCC. The van der Waals surface area contributed by atoms with Crippen LogP contribution in [0.4, 0.5) is 0 Å². The van der Waals surface area contributed by atoms with Crippen LogP contribution in [0.2, 0.25) is 0 Å². The predicted molar refractivity (Wildman–Crippen MR) is 130 cm³/mol. The summed E-state index contributed by atoms with van der Waals surface area (Å²) in [4.78, 5) is 24.7. The van der Waals surface area contributed by atoms with Gasteiger partial charge in [0.25, 0.3) is 6.29 Å². The molecule has 2 aliphatic rings. The highest BCUT2D eigenvalue weighted by atomic mass is 32.2. The van der Waals surface area contributed by atoms with E-state index in [4.69, 9.17) is 24.3 Å². The van der Waals surface area contributed by atoms with Crippen LogP contribution < -0.4 is 15.2 Å². The van der Waals surface area contributed by atoms with E-state index < -0.39 is 25.0 Å². The van der Waals surface area contributed by atoms with Crippen molar-refractivity contribution in [1.29, 1.82) is 0 Å². The average molecular weight is 506 g/mol. The first-order valence-corrected chi connectivity index (χ1v) is 13.9. The molecule has 4 rings (SSSR count). The number of benzene rings is 2. The molecule has 0 saturated heterocycles. The summed E-state index contributed by atoms with van der Waals surface area (Å²) in [6.45, 7) is 5.95. The molecule has 0 spiro atoms. The maximum Gasteiger partial charge on any atom is 0.335 e. The van der Waals surface area contributed by atoms with Crippen molar-refractivity contribution < 1.29 is 32.7 Å². The maximum absolute atomic E-state index is 12.9. The number of ketones is 1. The van der Waals surface area contributed by atoms with Gasteiger partial charge in [-0.05, 0) is 50.5 Å². The molecule has 1 amide bonds. The Hall–Kier alpha value is -2.32. The molecule has 2 N–H and O–H groups in total. The standard InChI is InChI=1S/C24H28NO7PS/c1-4-29-33(28,30-5-2)13-15-6-8-16(9-7-15)24-31-19-10-17-11-21(23(25)27)34-14(3)22(26)18(17)12-20(19)32-24/h6-10,12,14,21,24H,4-5,11,13H2,1-3H3,(H2,25,27)/t14-,21+,24?/m0/s1. The number of hydrogen-bond acceptors (Lipinski definition) is 8. The summed E-state index contributed by atoms with van der Waals surface area (Å²) in [5.74, 6) is 0.496. The smallest absolute Gasteiger partial charge is 0.335 e. The Kier molecular flexibility index (Phi) is 7.38. The van der Waals surface area contributed by atoms with E-state index in [1.807, 2.05) is 24.3 Å². The van der Waals surface area contributed by atoms with Gasteiger partial charge in [0, 0.05) is 11.1 Å². The fourth-order valence-electron chi connectivity index (χ4n) is 4.04. The predicted octanol–water partition coefficient (Wildman–Crippen LogP) is 4.64. The normalized spacial score (nSPS) is 21.7. The van der Waals surface area contributed by atoms with Gasteiger partial charge in [0.2, 0.25) is 5.91 Å². The van der Waals surface area contributed by atoms with Crippen LogP contribution in [-0.2, 0) is 31.0 Å². The zero-order chi connectivity index (χ0) is 24.5. The summed E-state index contributed by atoms with van der Waals surface area (Å²) >= 11 is 1.28. The molecule has 182 valence electrons. The van der Waals surface area contributed by atoms with Crippen LogP contribution in [0.1, 0.15) is 54.1 Å². The van der Waals surface area contributed by atoms with E-state index in [-0.39, 0.29) is 17.2 Å². The Morgan fingerprint density at radius 3 is 2.32 bits per heavy atom. The van der Waals surface area contributed by atoms with Crippen molar-refractivity contribution in [1.82, 2.24) is 0 Å². The quantitative estimate of drug-likeness (QED) is 0.516. The highest BCUT2D eigenvalue weighted by Gasteiger charge is 2.35. The molecule has 3 atom stereocenters. The lowest BCUT2D eigenvalue weighted by atomic mass is 9.97. The third kappa shape index (κ3) is 5.18. The van der Waals surface area contributed by atoms with Crippen LogP contribution in [0.25, 0.3) is 0 Å². The molecule has 2 aliphatic heterocycles. The van der Waals surface area contributed by atoms with Gasteiger partial charge in [0.1, 0.15) is 0 Å². The van der Waals surface area contributed by atoms with Crippen molar-refractivity contribution in [3.8, 4) is 11.5 Å². The van der Waals surface area contributed by atoms with Gasteiger partial charge in [-0.2, -0.15) is 0 Å². The van der Waals surface area contributed by atoms with E-state index in [0.29, 0.717) is 36.7 Å². The van der Waals surface area contributed by atoms with Crippen LogP contribution in [0.3, 0.4) is 0 Å². The molecule has 0 bridgehead atoms. The summed E-state index contributed by atoms with van der Waals surface area (Å²) in [6, 6.07) is 10.8. The van der Waals surface area contributed by atoms with Crippen molar-refractivity contribution in [3.63, 3.8) is 0 Å². The number of fused-ring (bicyclic) bond motifs is 2. The molecule has 0 aliphatic carbocycles. The molecule has 8 nitrogen and oxygen atoms in total. The highest BCUT2D eigenvalue weighted by molar-refractivity contribution is 8.01. The summed E-state index contributed by atoms with van der Waals surface area (Å²) in [5.41, 5.74) is 8.37. The number of nitrogens with two attached hydrogens (primary N) is 1. The van der Waals surface area contributed by atoms with Crippen LogP contribution >= 0.6 is 19.4 Å². The summed E-state index contributed by atoms with van der Waals surface area (Å²) in [7, 11) is -3.20. The van der Waals surface area contributed by atoms with Gasteiger partial charge in [0.15, 0.2) is 17.3 Å². The van der Waals surface area contributed by atoms with E-state index in [9.17, 15) is 14.2 Å². The zero-order valence-electron chi connectivity index (χ0n) is 19.3. The first-order valence-electron chi connectivity index (χ1n) is 11.2. The number of hydrogen-bond donors (Lipinski definition) is 1. The van der Waals surface area contributed by atoms with Gasteiger partial charge in [-0.1, -0.05) is 24.3 Å². The number of carbonyl (C=O) groups excluding carboxylic acids is 2. The number of amides is 1. The van der Waals surface area contributed by atoms with Gasteiger partial charge in [-0.3, -0.25) is 14.2 Å². The molecule has 0 fully saturated rings. The summed E-state index contributed by atoms with van der Waals surface area (Å²) in [6.07, 6.45) is -0.149. The van der Waals surface area contributed by atoms with Crippen molar-refractivity contribution >= 4 is 31.0 Å². The minimum atomic E-state index is -3.20. The number of rotatable bonds is 8. The number of thioether (sulfide) groups is 1. The van der Waals surface area contributed by atoms with Gasteiger partial charge >= 0.3 is 7.60 Å². The third-order valence-electron chi connectivity index (χ3n) is 5.64. The van der Waals surface area contributed by atoms with Gasteiger partial charge < -0.3 is 24.3 Å². The molecule has 0 saturated carbocycles. The second-order valence-electron chi connectivity index (χ2n) is 8.11. The van der Waals surface area contributed by atoms with E-state index in [1.165, 1.54) is 11.8 Å². The number of ether oxygens (including phenoxy) is 2. The molecular weight excluding hydrogens is 477 g/mol. The third-order valence-corrected chi connectivity index (χ3v) is 9.05. The molecule has 0 aromatic heterocycles. The Balaban J connectivity index is 1.52. The van der Waals surface area contributed by atoms with Crippen molar-refractivity contribution in [2.75, 3.05) is 13.2 Å². The molecule has 10 heteroatoms. The van der Waals surface area contributed by atoms with E-state index >= 15 is 0 Å². The lowest BCUT2D eigenvalue weighted by Gasteiger charge is -2.17. The van der Waals surface area contributed by atoms with Crippen molar-refractivity contribution in [3.05, 3.63) is 58.7 Å². The Morgan fingerprint density at radius 2 is 1.74 bits per heavy atom. The average Bonchev–Trinajstić information content (AvgIpc) is 3.15. The first-order chi connectivity index (χ1) is 16.2. The van der Waals surface area contributed by atoms with Crippen LogP contribution in [0.5, 0.6) is 11.5 Å². The minimum Gasteiger partial charge on any atom is -0.447 e. The molecule has 1 unspecified atom stereocenters. The number of primary amides is 1. The lowest BCUT2D eigenvalue weighted by Crippen LogP contribution is -2.28. The topological polar surface area (TPSA) is 114 Å². The molecular formula is C24H28NO7PS. The molecule has 2 aromatic carbocycles. The lowest BCUT2D eigenvalue weighted by molar-refractivity contribution is -0.117. The number of Topliss-reactive ketones (excluding diaryl/α,β-unsaturated/α-hetero) is 1. The van der Waals surface area contributed by atoms with Gasteiger partial charge in [0.05, 0.1) is 29.9 Å². The fourth-order valence-corrected chi connectivity index (χ4v) is 6.90. The largest absolute Gasteiger partial charge is 0.447 e. The van der Waals surface area contributed by atoms with Gasteiger partial charge in [-0.15, -0.1) is 11.8 Å². The van der Waals surface area contributed by atoms with Gasteiger partial charge in [-0.25, -0.2) is 0 Å². The van der Waals surface area contributed by atoms with Crippen molar-refractivity contribution in [2.24, 2.45) is 5.73 Å². The molecule has 34 heavy (non-hydrogen) atoms. The number of carbonyl (C=O) groups is 2. The molecule has 0 radical (unpaired) electrons. The summed E-state index contributed by atoms with van der Waals surface area (Å²) in [5, 5.41) is -0.861. The van der Waals surface area contributed by atoms with Crippen LogP contribution in [0.15, 0.2) is 36.4 Å². The molecule has 2 heterocycles. The van der Waals surface area contributed by atoms with E-state index in [1.54, 1.807) is 32.9 Å². The van der Waals surface area contributed by atoms with E-state index in [0.717, 1.165) is 16.7 Å². The fraction of sp³-hybridized carbons (Fsp3) is 0.417. The monoisotopic (exact) mass is 505 g/mol. The first kappa shape index (κ1) is 24.8. The van der Waals surface area contributed by atoms with Crippen LogP contribution in [-0.4, -0.2) is 35.4 Å².